The molecule has 1 unspecified atom stereocenters. The summed E-state index contributed by atoms with van der Waals surface area (Å²) < 4.78 is 0. The Labute approximate surface area is 109 Å². The first-order chi connectivity index (χ1) is 8.27. The molecule has 2 heteroatoms. The van der Waals surface area contributed by atoms with Crippen molar-refractivity contribution in [2.75, 3.05) is 6.54 Å². The van der Waals surface area contributed by atoms with Gasteiger partial charge in [-0.15, -0.1) is 11.3 Å². The van der Waals surface area contributed by atoms with Crippen LogP contribution in [0.3, 0.4) is 0 Å². The van der Waals surface area contributed by atoms with Gasteiger partial charge in [0, 0.05) is 10.9 Å². The van der Waals surface area contributed by atoms with Crippen LogP contribution < -0.4 is 5.32 Å². The average molecular weight is 249 g/mol. The Morgan fingerprint density at radius 1 is 1.41 bits per heavy atom. The second-order valence-electron chi connectivity index (χ2n) is 5.20. The Balaban J connectivity index is 1.82. The van der Waals surface area contributed by atoms with Crippen molar-refractivity contribution in [3.8, 4) is 0 Å². The molecular weight excluding hydrogens is 226 g/mol. The smallest absolute Gasteiger partial charge is 0.0438 e. The summed E-state index contributed by atoms with van der Waals surface area (Å²) in [4.78, 5) is 1.47. The van der Waals surface area contributed by atoms with Crippen molar-refractivity contribution in [2.24, 2.45) is 5.92 Å². The summed E-state index contributed by atoms with van der Waals surface area (Å²) in [5, 5.41) is 5.89. The summed E-state index contributed by atoms with van der Waals surface area (Å²) in [6, 6.07) is 4.92. The monoisotopic (exact) mass is 249 g/mol. The fraction of sp³-hybridized carbons (Fsp3) is 0.600. The molecule has 1 aliphatic rings. The molecule has 0 radical (unpaired) electrons. The fourth-order valence-electron chi connectivity index (χ4n) is 2.49. The molecule has 1 N–H and O–H groups in total. The predicted octanol–water partition coefficient (Wildman–Crippen LogP) is 4.54. The van der Waals surface area contributed by atoms with Gasteiger partial charge in [-0.3, -0.25) is 0 Å². The van der Waals surface area contributed by atoms with Crippen LogP contribution in [0.25, 0.3) is 0 Å². The van der Waals surface area contributed by atoms with E-state index in [1.54, 1.807) is 5.57 Å². The highest BCUT2D eigenvalue weighted by Crippen LogP contribution is 2.26. The highest BCUT2D eigenvalue weighted by molar-refractivity contribution is 7.10. The second-order valence-corrected chi connectivity index (χ2v) is 6.18. The molecule has 1 aromatic rings. The molecule has 2 rings (SSSR count). The van der Waals surface area contributed by atoms with E-state index in [1.165, 1.54) is 30.6 Å². The molecule has 0 saturated heterocycles. The molecule has 0 aliphatic heterocycles. The van der Waals surface area contributed by atoms with E-state index in [9.17, 15) is 0 Å². The van der Waals surface area contributed by atoms with Crippen LogP contribution in [0.1, 0.15) is 50.4 Å². The normalized spacial score (nSPS) is 17.5. The molecule has 0 fully saturated rings. The Morgan fingerprint density at radius 2 is 2.29 bits per heavy atom. The molecule has 94 valence electrons. The van der Waals surface area contributed by atoms with Crippen LogP contribution >= 0.6 is 11.3 Å². The lowest BCUT2D eigenvalue weighted by molar-refractivity contribution is 0.420. The van der Waals surface area contributed by atoms with Crippen LogP contribution in [0, 0.1) is 5.92 Å². The minimum Gasteiger partial charge on any atom is -0.309 e. The van der Waals surface area contributed by atoms with Gasteiger partial charge in [-0.1, -0.05) is 31.6 Å². The van der Waals surface area contributed by atoms with E-state index in [4.69, 9.17) is 0 Å². The topological polar surface area (TPSA) is 12.0 Å². The number of hydrogen-bond donors (Lipinski definition) is 1. The number of hydrogen-bond acceptors (Lipinski definition) is 2. The quantitative estimate of drug-likeness (QED) is 0.730. The van der Waals surface area contributed by atoms with Gasteiger partial charge in [-0.2, -0.15) is 0 Å². The van der Waals surface area contributed by atoms with E-state index in [-0.39, 0.29) is 0 Å². The Morgan fingerprint density at radius 3 is 2.88 bits per heavy atom. The van der Waals surface area contributed by atoms with Gasteiger partial charge in [0.05, 0.1) is 0 Å². The highest BCUT2D eigenvalue weighted by Gasteiger charge is 2.16. The van der Waals surface area contributed by atoms with Crippen LogP contribution in [0.5, 0.6) is 0 Å². The lowest BCUT2D eigenvalue weighted by Gasteiger charge is -2.21. The lowest BCUT2D eigenvalue weighted by atomic mass is 10.0. The van der Waals surface area contributed by atoms with Gasteiger partial charge in [0.2, 0.25) is 0 Å². The summed E-state index contributed by atoms with van der Waals surface area (Å²) in [7, 11) is 0. The summed E-state index contributed by atoms with van der Waals surface area (Å²) in [6.07, 6.45) is 7.65. The van der Waals surface area contributed by atoms with Crippen molar-refractivity contribution in [2.45, 2.75) is 45.6 Å². The van der Waals surface area contributed by atoms with Crippen molar-refractivity contribution in [3.05, 3.63) is 34.0 Å². The third-order valence-electron chi connectivity index (χ3n) is 3.46. The van der Waals surface area contributed by atoms with Gasteiger partial charge in [0.15, 0.2) is 0 Å². The van der Waals surface area contributed by atoms with Gasteiger partial charge in [-0.05, 0) is 49.6 Å². The van der Waals surface area contributed by atoms with Gasteiger partial charge in [0.25, 0.3) is 0 Å². The minimum absolute atomic E-state index is 0.525. The first kappa shape index (κ1) is 12.8. The van der Waals surface area contributed by atoms with Crippen molar-refractivity contribution in [3.63, 3.8) is 0 Å². The largest absolute Gasteiger partial charge is 0.309 e. The second kappa shape index (κ2) is 6.36. The molecule has 17 heavy (non-hydrogen) atoms. The maximum atomic E-state index is 3.72. The van der Waals surface area contributed by atoms with Gasteiger partial charge in [0.1, 0.15) is 0 Å². The molecule has 1 aromatic heterocycles. The molecule has 0 aromatic carbocycles. The molecule has 0 bridgehead atoms. The molecule has 1 atom stereocenters. The van der Waals surface area contributed by atoms with E-state index in [1.807, 2.05) is 11.3 Å². The third kappa shape index (κ3) is 3.68. The molecule has 0 amide bonds. The maximum Gasteiger partial charge on any atom is 0.0438 e. The van der Waals surface area contributed by atoms with Crippen molar-refractivity contribution in [1.29, 1.82) is 0 Å². The minimum atomic E-state index is 0.525. The first-order valence-corrected chi connectivity index (χ1v) is 7.60. The maximum absolute atomic E-state index is 3.72. The van der Waals surface area contributed by atoms with E-state index < -0.39 is 0 Å². The number of allylic oxidation sites excluding steroid dienone is 1. The van der Waals surface area contributed by atoms with Crippen molar-refractivity contribution in [1.82, 2.24) is 5.32 Å². The number of nitrogens with one attached hydrogen (secondary N) is 1. The van der Waals surface area contributed by atoms with Crippen LogP contribution in [0.2, 0.25) is 0 Å². The summed E-state index contributed by atoms with van der Waals surface area (Å²) in [5.41, 5.74) is 1.66. The lowest BCUT2D eigenvalue weighted by Crippen LogP contribution is -2.26. The molecule has 0 spiro atoms. The Kier molecular flexibility index (Phi) is 4.81. The molecule has 1 aliphatic carbocycles. The standard InChI is InChI=1S/C15H23NS/c1-12(2)15(14-8-5-11-17-14)16-10-9-13-6-3-4-7-13/h5-6,8,11-12,15-16H,3-4,7,9-10H2,1-2H3. The highest BCUT2D eigenvalue weighted by atomic mass is 32.1. The summed E-state index contributed by atoms with van der Waals surface area (Å²) in [6.45, 7) is 5.71. The summed E-state index contributed by atoms with van der Waals surface area (Å²) in [5.74, 6) is 0.659. The van der Waals surface area contributed by atoms with Crippen LogP contribution in [0.15, 0.2) is 29.2 Å². The zero-order chi connectivity index (χ0) is 12.1. The SMILES string of the molecule is CC(C)C(NCCC1=CCCC1)c1cccs1. The Bertz CT molecular complexity index is 351. The van der Waals surface area contributed by atoms with E-state index in [2.05, 4.69) is 42.8 Å². The van der Waals surface area contributed by atoms with Crippen molar-refractivity contribution < 1.29 is 0 Å². The van der Waals surface area contributed by atoms with E-state index in [0.717, 1.165) is 6.54 Å². The molecule has 1 heterocycles. The van der Waals surface area contributed by atoms with E-state index >= 15 is 0 Å². The average Bonchev–Trinajstić information content (AvgIpc) is 2.96. The first-order valence-electron chi connectivity index (χ1n) is 6.72. The number of rotatable bonds is 6. The zero-order valence-electron chi connectivity index (χ0n) is 10.9. The van der Waals surface area contributed by atoms with Crippen molar-refractivity contribution >= 4 is 11.3 Å². The Hall–Kier alpha value is -0.600. The fourth-order valence-corrected chi connectivity index (χ4v) is 3.46. The van der Waals surface area contributed by atoms with Crippen LogP contribution in [-0.4, -0.2) is 6.54 Å². The van der Waals surface area contributed by atoms with Gasteiger partial charge >= 0.3 is 0 Å². The molecule has 0 saturated carbocycles. The molecular formula is C15H23NS. The van der Waals surface area contributed by atoms with Crippen LogP contribution in [0.4, 0.5) is 0 Å². The number of thiophene rings is 1. The summed E-state index contributed by atoms with van der Waals surface area (Å²) >= 11 is 1.86. The molecule has 1 nitrogen and oxygen atoms in total. The van der Waals surface area contributed by atoms with Gasteiger partial charge in [-0.25, -0.2) is 0 Å². The van der Waals surface area contributed by atoms with Crippen LogP contribution in [-0.2, 0) is 0 Å². The predicted molar refractivity (Wildman–Crippen MR) is 76.5 cm³/mol. The third-order valence-corrected chi connectivity index (χ3v) is 4.42. The zero-order valence-corrected chi connectivity index (χ0v) is 11.7. The van der Waals surface area contributed by atoms with Gasteiger partial charge < -0.3 is 5.32 Å². The van der Waals surface area contributed by atoms with E-state index in [0.29, 0.717) is 12.0 Å².